The predicted octanol–water partition coefficient (Wildman–Crippen LogP) is 4.45. The number of hydrogen-bond donors (Lipinski definition) is 2. The molecule has 2 N–H and O–H groups in total. The fraction of sp³-hybridized carbons (Fsp3) is 0.217. The molecule has 0 bridgehead atoms. The van der Waals surface area contributed by atoms with Crippen LogP contribution in [0.4, 0.5) is 5.69 Å². The summed E-state index contributed by atoms with van der Waals surface area (Å²) in [7, 11) is 0. The molecule has 0 radical (unpaired) electrons. The highest BCUT2D eigenvalue weighted by Gasteiger charge is 2.16. The van der Waals surface area contributed by atoms with E-state index in [2.05, 4.69) is 43.3 Å². The SMILES string of the molecule is C=CCn1c(CNC(=O)c2ccccc2Br)nnc1SCC(=O)Nc1ccccc1CC. The van der Waals surface area contributed by atoms with Gasteiger partial charge in [0.15, 0.2) is 11.0 Å². The Labute approximate surface area is 199 Å². The number of allylic oxidation sites excluding steroid dienone is 1. The van der Waals surface area contributed by atoms with E-state index in [0.717, 1.165) is 22.1 Å². The second-order valence-electron chi connectivity index (χ2n) is 6.81. The Morgan fingerprint density at radius 2 is 1.91 bits per heavy atom. The number of aromatic nitrogens is 3. The lowest BCUT2D eigenvalue weighted by Crippen LogP contribution is -2.25. The van der Waals surface area contributed by atoms with Gasteiger partial charge in [0.25, 0.3) is 5.91 Å². The van der Waals surface area contributed by atoms with Crippen molar-refractivity contribution in [3.8, 4) is 0 Å². The highest BCUT2D eigenvalue weighted by atomic mass is 79.9. The zero-order chi connectivity index (χ0) is 22.9. The second kappa shape index (κ2) is 11.6. The van der Waals surface area contributed by atoms with E-state index in [1.54, 1.807) is 18.2 Å². The molecule has 3 aromatic rings. The van der Waals surface area contributed by atoms with Gasteiger partial charge >= 0.3 is 0 Å². The molecule has 0 aliphatic carbocycles. The fourth-order valence-corrected chi connectivity index (χ4v) is 4.27. The molecule has 0 fully saturated rings. The van der Waals surface area contributed by atoms with Gasteiger partial charge < -0.3 is 15.2 Å². The number of nitrogens with zero attached hydrogens (tertiary/aromatic N) is 3. The molecule has 1 aromatic heterocycles. The number of nitrogens with one attached hydrogen (secondary N) is 2. The van der Waals surface area contributed by atoms with E-state index in [1.807, 2.05) is 47.9 Å². The van der Waals surface area contributed by atoms with Crippen molar-refractivity contribution in [3.05, 3.63) is 82.6 Å². The molecule has 0 aliphatic rings. The van der Waals surface area contributed by atoms with Gasteiger partial charge in [-0.2, -0.15) is 0 Å². The maximum atomic E-state index is 12.5. The lowest BCUT2D eigenvalue weighted by Gasteiger charge is -2.11. The normalized spacial score (nSPS) is 10.6. The Hall–Kier alpha value is -2.91. The first-order chi connectivity index (χ1) is 15.5. The Bertz CT molecular complexity index is 1120. The number of hydrogen-bond acceptors (Lipinski definition) is 5. The van der Waals surface area contributed by atoms with Crippen molar-refractivity contribution in [2.45, 2.75) is 31.6 Å². The average molecular weight is 514 g/mol. The minimum absolute atomic E-state index is 0.118. The van der Waals surface area contributed by atoms with Crippen molar-refractivity contribution in [3.63, 3.8) is 0 Å². The van der Waals surface area contributed by atoms with Gasteiger partial charge in [-0.3, -0.25) is 9.59 Å². The molecule has 166 valence electrons. The van der Waals surface area contributed by atoms with Crippen molar-refractivity contribution in [2.75, 3.05) is 11.1 Å². The summed E-state index contributed by atoms with van der Waals surface area (Å²) in [6.45, 7) is 6.51. The summed E-state index contributed by atoms with van der Waals surface area (Å²) >= 11 is 4.68. The maximum Gasteiger partial charge on any atom is 0.252 e. The molecular weight excluding hydrogens is 490 g/mol. The highest BCUT2D eigenvalue weighted by Crippen LogP contribution is 2.20. The number of thioether (sulfide) groups is 1. The van der Waals surface area contributed by atoms with E-state index >= 15 is 0 Å². The first kappa shape index (κ1) is 23.7. The molecule has 3 rings (SSSR count). The topological polar surface area (TPSA) is 88.9 Å². The summed E-state index contributed by atoms with van der Waals surface area (Å²) in [6.07, 6.45) is 2.57. The van der Waals surface area contributed by atoms with Crippen LogP contribution in [0.5, 0.6) is 0 Å². The van der Waals surface area contributed by atoms with Crippen LogP contribution in [0, 0.1) is 0 Å². The van der Waals surface area contributed by atoms with Crippen LogP contribution in [-0.4, -0.2) is 32.3 Å². The predicted molar refractivity (Wildman–Crippen MR) is 131 cm³/mol. The molecule has 32 heavy (non-hydrogen) atoms. The zero-order valence-electron chi connectivity index (χ0n) is 17.7. The number of para-hydroxylation sites is 1. The van der Waals surface area contributed by atoms with Crippen molar-refractivity contribution >= 4 is 45.2 Å². The number of amides is 2. The van der Waals surface area contributed by atoms with Crippen LogP contribution >= 0.6 is 27.7 Å². The quantitative estimate of drug-likeness (QED) is 0.308. The number of benzene rings is 2. The summed E-state index contributed by atoms with van der Waals surface area (Å²) < 4.78 is 2.56. The van der Waals surface area contributed by atoms with Gasteiger partial charge in [-0.1, -0.05) is 55.1 Å². The Balaban J connectivity index is 1.63. The van der Waals surface area contributed by atoms with Crippen molar-refractivity contribution in [1.82, 2.24) is 20.1 Å². The summed E-state index contributed by atoms with van der Waals surface area (Å²) in [6, 6.07) is 15.0. The van der Waals surface area contributed by atoms with Crippen LogP contribution in [0.15, 0.2) is 70.8 Å². The molecular formula is C23H24BrN5O2S. The zero-order valence-corrected chi connectivity index (χ0v) is 20.1. The molecule has 9 heteroatoms. The smallest absolute Gasteiger partial charge is 0.252 e. The number of rotatable bonds is 10. The van der Waals surface area contributed by atoms with Crippen molar-refractivity contribution in [2.24, 2.45) is 0 Å². The number of halogens is 1. The molecule has 0 saturated heterocycles. The molecule has 1 heterocycles. The number of carbonyl (C=O) groups is 2. The molecule has 0 aliphatic heterocycles. The van der Waals surface area contributed by atoms with Gasteiger partial charge in [-0.15, -0.1) is 16.8 Å². The summed E-state index contributed by atoms with van der Waals surface area (Å²) in [5.41, 5.74) is 2.45. The van der Waals surface area contributed by atoms with Gasteiger partial charge in [0, 0.05) is 16.7 Å². The lowest BCUT2D eigenvalue weighted by molar-refractivity contribution is -0.113. The van der Waals surface area contributed by atoms with Crippen LogP contribution in [0.25, 0.3) is 0 Å². The standard InChI is InChI=1S/C23H24BrN5O2S/c1-3-13-29-20(14-25-22(31)17-10-6-7-11-18(17)24)27-28-23(29)32-15-21(30)26-19-12-8-5-9-16(19)4-2/h3,5-12H,1,4,13-15H2,2H3,(H,25,31)(H,26,30). The molecule has 0 spiro atoms. The van der Waals surface area contributed by atoms with Gasteiger partial charge in [-0.25, -0.2) is 0 Å². The maximum absolute atomic E-state index is 12.5. The van der Waals surface area contributed by atoms with Crippen molar-refractivity contribution in [1.29, 1.82) is 0 Å². The van der Waals surface area contributed by atoms with E-state index in [-0.39, 0.29) is 24.1 Å². The van der Waals surface area contributed by atoms with E-state index in [9.17, 15) is 9.59 Å². The molecule has 0 atom stereocenters. The highest BCUT2D eigenvalue weighted by molar-refractivity contribution is 9.10. The lowest BCUT2D eigenvalue weighted by atomic mass is 10.1. The van der Waals surface area contributed by atoms with Crippen LogP contribution in [0.3, 0.4) is 0 Å². The average Bonchev–Trinajstić information content (AvgIpc) is 3.18. The van der Waals surface area contributed by atoms with Crippen molar-refractivity contribution < 1.29 is 9.59 Å². The molecule has 7 nitrogen and oxygen atoms in total. The number of carbonyl (C=O) groups excluding carboxylic acids is 2. The third kappa shape index (κ3) is 6.08. The number of aryl methyl sites for hydroxylation is 1. The van der Waals surface area contributed by atoms with E-state index < -0.39 is 0 Å². The second-order valence-corrected chi connectivity index (χ2v) is 8.60. The molecule has 2 amide bonds. The minimum atomic E-state index is -0.214. The minimum Gasteiger partial charge on any atom is -0.345 e. The molecule has 0 unspecified atom stereocenters. The van der Waals surface area contributed by atoms with Gasteiger partial charge in [-0.05, 0) is 46.1 Å². The van der Waals surface area contributed by atoms with Gasteiger partial charge in [0.05, 0.1) is 17.9 Å². The van der Waals surface area contributed by atoms with Gasteiger partial charge in [0.1, 0.15) is 0 Å². The van der Waals surface area contributed by atoms with Crippen LogP contribution < -0.4 is 10.6 Å². The number of anilines is 1. The fourth-order valence-electron chi connectivity index (χ4n) is 3.04. The van der Waals surface area contributed by atoms with E-state index in [1.165, 1.54) is 11.8 Å². The van der Waals surface area contributed by atoms with Crippen LogP contribution in [-0.2, 0) is 24.3 Å². The Morgan fingerprint density at radius 1 is 1.16 bits per heavy atom. The van der Waals surface area contributed by atoms with Crippen LogP contribution in [0.2, 0.25) is 0 Å². The third-order valence-electron chi connectivity index (χ3n) is 4.64. The first-order valence-corrected chi connectivity index (χ1v) is 11.9. The first-order valence-electron chi connectivity index (χ1n) is 10.1. The van der Waals surface area contributed by atoms with E-state index in [4.69, 9.17) is 0 Å². The van der Waals surface area contributed by atoms with Crippen LogP contribution in [0.1, 0.15) is 28.7 Å². The summed E-state index contributed by atoms with van der Waals surface area (Å²) in [5.74, 6) is 0.447. The Morgan fingerprint density at radius 3 is 2.66 bits per heavy atom. The third-order valence-corrected chi connectivity index (χ3v) is 6.29. The van der Waals surface area contributed by atoms with Gasteiger partial charge in [0.2, 0.25) is 5.91 Å². The molecule has 0 saturated carbocycles. The Kier molecular flexibility index (Phi) is 8.64. The summed E-state index contributed by atoms with van der Waals surface area (Å²) in [5, 5.41) is 14.8. The monoisotopic (exact) mass is 513 g/mol. The summed E-state index contributed by atoms with van der Waals surface area (Å²) in [4.78, 5) is 24.9. The largest absolute Gasteiger partial charge is 0.345 e. The molecule has 2 aromatic carbocycles. The van der Waals surface area contributed by atoms with E-state index in [0.29, 0.717) is 23.1 Å².